The van der Waals surface area contributed by atoms with Crippen LogP contribution in [0.3, 0.4) is 0 Å². The van der Waals surface area contributed by atoms with Crippen molar-refractivity contribution in [3.05, 3.63) is 70.8 Å². The van der Waals surface area contributed by atoms with Crippen molar-refractivity contribution < 1.29 is 9.53 Å². The Kier molecular flexibility index (Phi) is 7.07. The molecule has 0 bridgehead atoms. The number of hydrogen-bond acceptors (Lipinski definition) is 4. The van der Waals surface area contributed by atoms with Crippen LogP contribution >= 0.6 is 11.6 Å². The lowest BCUT2D eigenvalue weighted by Gasteiger charge is -2.34. The topological polar surface area (TPSA) is 56.6 Å². The molecule has 1 aliphatic heterocycles. The largest absolute Gasteiger partial charge is 0.479 e. The minimum atomic E-state index is 0.0240. The highest BCUT2D eigenvalue weighted by molar-refractivity contribution is 6.30. The van der Waals surface area contributed by atoms with Gasteiger partial charge < -0.3 is 9.64 Å². The fourth-order valence-electron chi connectivity index (χ4n) is 3.04. The van der Waals surface area contributed by atoms with Gasteiger partial charge in [0, 0.05) is 43.8 Å². The summed E-state index contributed by atoms with van der Waals surface area (Å²) < 4.78 is 5.22. The highest BCUT2D eigenvalue weighted by atomic mass is 35.5. The van der Waals surface area contributed by atoms with Crippen LogP contribution in [0.25, 0.3) is 6.08 Å². The second-order valence-corrected chi connectivity index (χ2v) is 7.01. The summed E-state index contributed by atoms with van der Waals surface area (Å²) >= 11 is 5.93. The highest BCUT2D eigenvalue weighted by Crippen LogP contribution is 2.15. The fourth-order valence-corrected chi connectivity index (χ4v) is 3.16. The van der Waals surface area contributed by atoms with Crippen LogP contribution in [-0.2, 0) is 11.3 Å². The van der Waals surface area contributed by atoms with Gasteiger partial charge in [0.2, 0.25) is 5.91 Å². The maximum atomic E-state index is 12.4. The summed E-state index contributed by atoms with van der Waals surface area (Å²) in [6, 6.07) is 17.1. The number of benzene rings is 2. The van der Waals surface area contributed by atoms with Crippen molar-refractivity contribution in [1.82, 2.24) is 9.80 Å². The highest BCUT2D eigenvalue weighted by Gasteiger charge is 2.19. The van der Waals surface area contributed by atoms with Crippen LogP contribution in [0.4, 0.5) is 0 Å². The Morgan fingerprint density at radius 2 is 1.75 bits per heavy atom. The number of piperazine rings is 1. The van der Waals surface area contributed by atoms with E-state index in [1.165, 1.54) is 5.56 Å². The normalized spacial score (nSPS) is 14.8. The van der Waals surface area contributed by atoms with E-state index < -0.39 is 0 Å². The molecule has 1 amide bonds. The molecule has 0 atom stereocenters. The lowest BCUT2D eigenvalue weighted by Crippen LogP contribution is -2.47. The molecule has 6 heteroatoms. The Labute approximate surface area is 170 Å². The zero-order valence-corrected chi connectivity index (χ0v) is 16.3. The van der Waals surface area contributed by atoms with Gasteiger partial charge in [-0.05, 0) is 41.5 Å². The van der Waals surface area contributed by atoms with Crippen LogP contribution in [-0.4, -0.2) is 48.5 Å². The molecule has 0 saturated carbocycles. The van der Waals surface area contributed by atoms with Gasteiger partial charge in [-0.1, -0.05) is 35.9 Å². The summed E-state index contributed by atoms with van der Waals surface area (Å²) in [5, 5.41) is 9.26. The summed E-state index contributed by atoms with van der Waals surface area (Å²) in [6.07, 6.45) is 3.41. The van der Waals surface area contributed by atoms with Crippen molar-refractivity contribution >= 4 is 23.6 Å². The van der Waals surface area contributed by atoms with Crippen LogP contribution in [0.2, 0.25) is 5.02 Å². The molecule has 3 rings (SSSR count). The van der Waals surface area contributed by atoms with Gasteiger partial charge in [-0.3, -0.25) is 9.69 Å². The standard InChI is InChI=1S/C22H22ClN3O2/c23-20-6-1-19(2-7-20)17-25-12-14-26(15-13-25)22(27)10-5-18-3-8-21(9-4-18)28-16-11-24/h1-10H,12-17H2/b10-5+. The Hall–Kier alpha value is -2.81. The molecule has 2 aromatic rings. The Morgan fingerprint density at radius 3 is 2.39 bits per heavy atom. The molecule has 0 unspecified atom stereocenters. The van der Waals surface area contributed by atoms with Crippen molar-refractivity contribution in [3.63, 3.8) is 0 Å². The molecule has 144 valence electrons. The van der Waals surface area contributed by atoms with E-state index in [0.717, 1.165) is 43.3 Å². The summed E-state index contributed by atoms with van der Waals surface area (Å²) in [6.45, 7) is 4.04. The molecule has 1 saturated heterocycles. The lowest BCUT2D eigenvalue weighted by atomic mass is 10.2. The Balaban J connectivity index is 1.46. The van der Waals surface area contributed by atoms with E-state index >= 15 is 0 Å². The predicted octanol–water partition coefficient (Wildman–Crippen LogP) is 3.60. The predicted molar refractivity (Wildman–Crippen MR) is 110 cm³/mol. The number of nitriles is 1. The van der Waals surface area contributed by atoms with Gasteiger partial charge in [0.05, 0.1) is 0 Å². The number of ether oxygens (including phenoxy) is 1. The summed E-state index contributed by atoms with van der Waals surface area (Å²) in [7, 11) is 0. The molecule has 1 fully saturated rings. The van der Waals surface area contributed by atoms with Gasteiger partial charge in [0.15, 0.2) is 6.61 Å². The molecular weight excluding hydrogens is 374 g/mol. The number of carbonyl (C=O) groups is 1. The average molecular weight is 396 g/mol. The minimum absolute atomic E-state index is 0.0240. The van der Waals surface area contributed by atoms with E-state index in [-0.39, 0.29) is 12.5 Å². The summed E-state index contributed by atoms with van der Waals surface area (Å²) in [5.74, 6) is 0.665. The number of carbonyl (C=O) groups excluding carboxylic acids is 1. The molecule has 0 N–H and O–H groups in total. The molecule has 1 aliphatic rings. The first-order chi connectivity index (χ1) is 13.6. The first-order valence-corrected chi connectivity index (χ1v) is 9.55. The van der Waals surface area contributed by atoms with E-state index in [1.807, 2.05) is 47.4 Å². The van der Waals surface area contributed by atoms with Crippen molar-refractivity contribution in [3.8, 4) is 11.8 Å². The quantitative estimate of drug-likeness (QED) is 0.701. The lowest BCUT2D eigenvalue weighted by molar-refractivity contribution is -0.127. The SMILES string of the molecule is N#CCOc1ccc(/C=C/C(=O)N2CCN(Cc3ccc(Cl)cc3)CC2)cc1. The molecule has 0 radical (unpaired) electrons. The van der Waals surface area contributed by atoms with Gasteiger partial charge in [-0.2, -0.15) is 5.26 Å². The van der Waals surface area contributed by atoms with Crippen LogP contribution in [0.5, 0.6) is 5.75 Å². The van der Waals surface area contributed by atoms with Crippen molar-refractivity contribution in [2.24, 2.45) is 0 Å². The molecule has 0 aromatic heterocycles. The van der Waals surface area contributed by atoms with Gasteiger partial charge in [-0.25, -0.2) is 0 Å². The van der Waals surface area contributed by atoms with E-state index in [0.29, 0.717) is 5.75 Å². The van der Waals surface area contributed by atoms with Crippen LogP contribution in [0.1, 0.15) is 11.1 Å². The Morgan fingerprint density at radius 1 is 1.07 bits per heavy atom. The molecule has 0 spiro atoms. The van der Waals surface area contributed by atoms with Gasteiger partial charge in [0.1, 0.15) is 11.8 Å². The van der Waals surface area contributed by atoms with Crippen molar-refractivity contribution in [2.45, 2.75) is 6.54 Å². The van der Waals surface area contributed by atoms with E-state index in [2.05, 4.69) is 4.90 Å². The average Bonchev–Trinajstić information content (AvgIpc) is 2.73. The molecule has 28 heavy (non-hydrogen) atoms. The van der Waals surface area contributed by atoms with Crippen LogP contribution in [0.15, 0.2) is 54.6 Å². The van der Waals surface area contributed by atoms with Crippen molar-refractivity contribution in [1.29, 1.82) is 5.26 Å². The molecule has 1 heterocycles. The maximum absolute atomic E-state index is 12.4. The summed E-state index contributed by atoms with van der Waals surface area (Å²) in [4.78, 5) is 16.6. The van der Waals surface area contributed by atoms with Gasteiger partial charge in [0.25, 0.3) is 0 Å². The smallest absolute Gasteiger partial charge is 0.246 e. The van der Waals surface area contributed by atoms with Crippen molar-refractivity contribution in [2.75, 3.05) is 32.8 Å². The first kappa shape index (κ1) is 19.9. The number of amides is 1. The molecule has 0 aliphatic carbocycles. The van der Waals surface area contributed by atoms with E-state index in [4.69, 9.17) is 21.6 Å². The third kappa shape index (κ3) is 5.85. The second kappa shape index (κ2) is 9.93. The second-order valence-electron chi connectivity index (χ2n) is 6.58. The molecule has 2 aromatic carbocycles. The van der Waals surface area contributed by atoms with Crippen LogP contribution in [0, 0.1) is 11.3 Å². The number of halogens is 1. The third-order valence-corrected chi connectivity index (χ3v) is 4.86. The number of nitrogens with zero attached hydrogens (tertiary/aromatic N) is 3. The maximum Gasteiger partial charge on any atom is 0.246 e. The number of rotatable bonds is 6. The minimum Gasteiger partial charge on any atom is -0.479 e. The molecule has 5 nitrogen and oxygen atoms in total. The van der Waals surface area contributed by atoms with E-state index in [9.17, 15) is 4.79 Å². The fraction of sp³-hybridized carbons (Fsp3) is 0.273. The third-order valence-electron chi connectivity index (χ3n) is 4.61. The zero-order chi connectivity index (χ0) is 19.8. The number of hydrogen-bond donors (Lipinski definition) is 0. The first-order valence-electron chi connectivity index (χ1n) is 9.17. The van der Waals surface area contributed by atoms with Gasteiger partial charge >= 0.3 is 0 Å². The van der Waals surface area contributed by atoms with Gasteiger partial charge in [-0.15, -0.1) is 0 Å². The zero-order valence-electron chi connectivity index (χ0n) is 15.6. The van der Waals surface area contributed by atoms with E-state index in [1.54, 1.807) is 24.3 Å². The monoisotopic (exact) mass is 395 g/mol. The summed E-state index contributed by atoms with van der Waals surface area (Å²) in [5.41, 5.74) is 2.14. The Bertz CT molecular complexity index is 849. The molecular formula is C22H22ClN3O2. The van der Waals surface area contributed by atoms with Crippen LogP contribution < -0.4 is 4.74 Å².